The molecule has 0 radical (unpaired) electrons. The van der Waals surface area contributed by atoms with Crippen LogP contribution in [0.1, 0.15) is 52.4 Å². The van der Waals surface area contributed by atoms with Crippen LogP contribution in [0.3, 0.4) is 0 Å². The number of sulfonamides is 1. The van der Waals surface area contributed by atoms with Crippen molar-refractivity contribution in [1.29, 1.82) is 0 Å². The Morgan fingerprint density at radius 2 is 1.85 bits per heavy atom. The quantitative estimate of drug-likeness (QED) is 0.444. The van der Waals surface area contributed by atoms with Crippen LogP contribution in [0.4, 0.5) is 5.69 Å². The zero-order valence-corrected chi connectivity index (χ0v) is 19.0. The third kappa shape index (κ3) is 8.70. The maximum atomic E-state index is 12.1. The van der Waals surface area contributed by atoms with Crippen LogP contribution in [-0.2, 0) is 14.8 Å². The summed E-state index contributed by atoms with van der Waals surface area (Å²) in [6.45, 7) is 5.34. The Morgan fingerprint density at radius 3 is 2.38 bits per heavy atom. The van der Waals surface area contributed by atoms with Crippen molar-refractivity contribution in [2.45, 2.75) is 52.4 Å². The van der Waals surface area contributed by atoms with Gasteiger partial charge in [-0.3, -0.25) is 9.10 Å². The van der Waals surface area contributed by atoms with E-state index < -0.39 is 10.0 Å². The summed E-state index contributed by atoms with van der Waals surface area (Å²) < 4.78 is 26.6. The standard InChI is InChI=1S/C19H31IN2O3S/c1-4-6-8-16(5-2)15-21-19(23)9-7-14-22(26(3,24)25)18-12-10-17(20)11-13-18/h10-13,16H,4-9,14-15H2,1-3H3,(H,21,23). The highest BCUT2D eigenvalue weighted by Crippen LogP contribution is 2.20. The zero-order chi connectivity index (χ0) is 19.6. The van der Waals surface area contributed by atoms with Crippen LogP contribution in [0.2, 0.25) is 0 Å². The second-order valence-corrected chi connectivity index (χ2v) is 9.79. The van der Waals surface area contributed by atoms with Crippen molar-refractivity contribution in [1.82, 2.24) is 5.32 Å². The van der Waals surface area contributed by atoms with E-state index in [1.54, 1.807) is 12.1 Å². The molecule has 0 saturated heterocycles. The van der Waals surface area contributed by atoms with E-state index in [1.807, 2.05) is 12.1 Å². The number of carbonyl (C=O) groups excluding carboxylic acids is 1. The van der Waals surface area contributed by atoms with Gasteiger partial charge in [-0.1, -0.05) is 33.1 Å². The summed E-state index contributed by atoms with van der Waals surface area (Å²) in [6, 6.07) is 7.34. The summed E-state index contributed by atoms with van der Waals surface area (Å²) >= 11 is 2.18. The summed E-state index contributed by atoms with van der Waals surface area (Å²) in [7, 11) is -3.37. The van der Waals surface area contributed by atoms with Gasteiger partial charge in [0.1, 0.15) is 0 Å². The first-order valence-corrected chi connectivity index (χ1v) is 12.2. The zero-order valence-electron chi connectivity index (χ0n) is 16.0. The highest BCUT2D eigenvalue weighted by molar-refractivity contribution is 14.1. The lowest BCUT2D eigenvalue weighted by Gasteiger charge is -2.22. The number of unbranched alkanes of at least 4 members (excludes halogenated alkanes) is 1. The van der Waals surface area contributed by atoms with Gasteiger partial charge in [0.05, 0.1) is 11.9 Å². The predicted molar refractivity (Wildman–Crippen MR) is 117 cm³/mol. The van der Waals surface area contributed by atoms with Crippen molar-refractivity contribution in [2.75, 3.05) is 23.7 Å². The van der Waals surface area contributed by atoms with Crippen molar-refractivity contribution < 1.29 is 13.2 Å². The molecule has 1 N–H and O–H groups in total. The lowest BCUT2D eigenvalue weighted by molar-refractivity contribution is -0.121. The summed E-state index contributed by atoms with van der Waals surface area (Å²) in [5.41, 5.74) is 0.638. The van der Waals surface area contributed by atoms with Crippen LogP contribution in [0.5, 0.6) is 0 Å². The number of nitrogens with zero attached hydrogens (tertiary/aromatic N) is 1. The van der Waals surface area contributed by atoms with Gasteiger partial charge in [-0.2, -0.15) is 0 Å². The molecule has 26 heavy (non-hydrogen) atoms. The molecule has 0 heterocycles. The minimum absolute atomic E-state index is 0.00369. The lowest BCUT2D eigenvalue weighted by atomic mass is 9.99. The Bertz CT molecular complexity index is 647. The molecule has 1 amide bonds. The van der Waals surface area contributed by atoms with Crippen LogP contribution in [0, 0.1) is 9.49 Å². The molecule has 1 aromatic carbocycles. The SMILES string of the molecule is CCCCC(CC)CNC(=O)CCCN(c1ccc(I)cc1)S(C)(=O)=O. The van der Waals surface area contributed by atoms with Crippen molar-refractivity contribution in [3.05, 3.63) is 27.8 Å². The van der Waals surface area contributed by atoms with E-state index in [2.05, 4.69) is 41.8 Å². The van der Waals surface area contributed by atoms with E-state index >= 15 is 0 Å². The minimum atomic E-state index is -3.37. The second kappa shape index (κ2) is 11.8. The molecular weight excluding hydrogens is 463 g/mol. The smallest absolute Gasteiger partial charge is 0.232 e. The number of carbonyl (C=O) groups is 1. The molecule has 5 nitrogen and oxygen atoms in total. The maximum Gasteiger partial charge on any atom is 0.232 e. The van der Waals surface area contributed by atoms with Crippen LogP contribution >= 0.6 is 22.6 Å². The van der Waals surface area contributed by atoms with E-state index in [4.69, 9.17) is 0 Å². The second-order valence-electron chi connectivity index (χ2n) is 6.64. The number of anilines is 1. The third-order valence-electron chi connectivity index (χ3n) is 4.41. The molecule has 0 spiro atoms. The number of hydrogen-bond acceptors (Lipinski definition) is 3. The summed E-state index contributed by atoms with van der Waals surface area (Å²) in [4.78, 5) is 12.1. The highest BCUT2D eigenvalue weighted by atomic mass is 127. The molecule has 0 bridgehead atoms. The average molecular weight is 494 g/mol. The Morgan fingerprint density at radius 1 is 1.19 bits per heavy atom. The number of halogens is 1. The van der Waals surface area contributed by atoms with Crippen LogP contribution in [0.15, 0.2) is 24.3 Å². The van der Waals surface area contributed by atoms with E-state index in [0.717, 1.165) is 16.4 Å². The molecule has 0 fully saturated rings. The van der Waals surface area contributed by atoms with Crippen molar-refractivity contribution >= 4 is 44.2 Å². The molecule has 0 aliphatic rings. The van der Waals surface area contributed by atoms with E-state index in [1.165, 1.54) is 23.4 Å². The molecule has 1 rings (SSSR count). The van der Waals surface area contributed by atoms with Gasteiger partial charge in [-0.05, 0) is 65.6 Å². The third-order valence-corrected chi connectivity index (χ3v) is 6.32. The van der Waals surface area contributed by atoms with Gasteiger partial charge in [-0.15, -0.1) is 0 Å². The lowest BCUT2D eigenvalue weighted by Crippen LogP contribution is -2.33. The molecule has 7 heteroatoms. The van der Waals surface area contributed by atoms with Gasteiger partial charge >= 0.3 is 0 Å². The fraction of sp³-hybridized carbons (Fsp3) is 0.632. The molecule has 1 atom stereocenters. The van der Waals surface area contributed by atoms with E-state index in [-0.39, 0.29) is 5.91 Å². The Balaban J connectivity index is 2.49. The molecule has 0 aliphatic carbocycles. The molecular formula is C19H31IN2O3S. The van der Waals surface area contributed by atoms with Crippen LogP contribution in [0.25, 0.3) is 0 Å². The largest absolute Gasteiger partial charge is 0.356 e. The first kappa shape index (κ1) is 23.2. The van der Waals surface area contributed by atoms with Crippen molar-refractivity contribution in [3.63, 3.8) is 0 Å². The molecule has 0 saturated carbocycles. The van der Waals surface area contributed by atoms with Crippen molar-refractivity contribution in [2.24, 2.45) is 5.92 Å². The molecule has 1 unspecified atom stereocenters. The summed E-state index contributed by atoms with van der Waals surface area (Å²) in [5.74, 6) is 0.522. The maximum absolute atomic E-state index is 12.1. The molecule has 1 aromatic rings. The fourth-order valence-electron chi connectivity index (χ4n) is 2.77. The first-order chi connectivity index (χ1) is 12.3. The Hall–Kier alpha value is -0.830. The normalized spacial score (nSPS) is 12.6. The summed E-state index contributed by atoms with van der Waals surface area (Å²) in [6.07, 6.45) is 6.59. The van der Waals surface area contributed by atoms with Gasteiger partial charge in [-0.25, -0.2) is 8.42 Å². The average Bonchev–Trinajstić information content (AvgIpc) is 2.59. The predicted octanol–water partition coefficient (Wildman–Crippen LogP) is 4.17. The first-order valence-electron chi connectivity index (χ1n) is 9.27. The monoisotopic (exact) mass is 494 g/mol. The Labute approximate surface area is 172 Å². The van der Waals surface area contributed by atoms with Gasteiger partial charge in [0.15, 0.2) is 0 Å². The van der Waals surface area contributed by atoms with Crippen LogP contribution < -0.4 is 9.62 Å². The molecule has 0 aliphatic heterocycles. The highest BCUT2D eigenvalue weighted by Gasteiger charge is 2.17. The molecule has 0 aromatic heterocycles. The number of benzene rings is 1. The van der Waals surface area contributed by atoms with E-state index in [0.29, 0.717) is 37.5 Å². The van der Waals surface area contributed by atoms with Crippen molar-refractivity contribution in [3.8, 4) is 0 Å². The van der Waals surface area contributed by atoms with Gasteiger partial charge < -0.3 is 5.32 Å². The topological polar surface area (TPSA) is 66.5 Å². The Kier molecular flexibility index (Phi) is 10.5. The fourth-order valence-corrected chi connectivity index (χ4v) is 4.09. The number of hydrogen-bond donors (Lipinski definition) is 1. The van der Waals surface area contributed by atoms with Gasteiger partial charge in [0, 0.05) is 23.1 Å². The minimum Gasteiger partial charge on any atom is -0.356 e. The van der Waals surface area contributed by atoms with Crippen LogP contribution in [-0.4, -0.2) is 33.7 Å². The number of rotatable bonds is 12. The number of nitrogens with one attached hydrogen (secondary N) is 1. The molecule has 148 valence electrons. The van der Waals surface area contributed by atoms with E-state index in [9.17, 15) is 13.2 Å². The van der Waals surface area contributed by atoms with Gasteiger partial charge in [0.2, 0.25) is 15.9 Å². The van der Waals surface area contributed by atoms with Gasteiger partial charge in [0.25, 0.3) is 0 Å². The summed E-state index contributed by atoms with van der Waals surface area (Å²) in [5, 5.41) is 2.99. The number of amides is 1.